The number of hydrogen-bond acceptors (Lipinski definition) is 3. The van der Waals surface area contributed by atoms with Gasteiger partial charge in [0.05, 0.1) is 11.1 Å². The van der Waals surface area contributed by atoms with Gasteiger partial charge in [0, 0.05) is 30.2 Å². The minimum Gasteiger partial charge on any atom is -0.361 e. The average Bonchev–Trinajstić information content (AvgIpc) is 3.13. The summed E-state index contributed by atoms with van der Waals surface area (Å²) >= 11 is 0. The van der Waals surface area contributed by atoms with E-state index in [9.17, 15) is 9.59 Å². The van der Waals surface area contributed by atoms with Crippen LogP contribution in [0.25, 0.3) is 10.9 Å². The maximum atomic E-state index is 12.4. The van der Waals surface area contributed by atoms with Crippen molar-refractivity contribution in [3.63, 3.8) is 0 Å². The molecule has 1 aromatic heterocycles. The molecule has 0 fully saturated rings. The van der Waals surface area contributed by atoms with Crippen LogP contribution in [0.4, 0.5) is 0 Å². The van der Waals surface area contributed by atoms with E-state index in [0.29, 0.717) is 30.6 Å². The first-order valence-electron chi connectivity index (χ1n) is 7.93. The quantitative estimate of drug-likeness (QED) is 0.725. The van der Waals surface area contributed by atoms with Crippen molar-refractivity contribution in [3.05, 3.63) is 70.9 Å². The second-order valence-corrected chi connectivity index (χ2v) is 5.96. The maximum Gasteiger partial charge on any atom is 0.261 e. The van der Waals surface area contributed by atoms with Crippen LogP contribution in [0.3, 0.4) is 0 Å². The van der Waals surface area contributed by atoms with Gasteiger partial charge in [-0.3, -0.25) is 14.5 Å². The first kappa shape index (κ1) is 14.7. The van der Waals surface area contributed by atoms with Crippen molar-refractivity contribution < 1.29 is 9.59 Å². The molecule has 3 N–H and O–H groups in total. The Morgan fingerprint density at radius 1 is 1.00 bits per heavy atom. The zero-order valence-corrected chi connectivity index (χ0v) is 13.1. The number of rotatable bonds is 4. The molecule has 0 atom stereocenters. The lowest BCUT2D eigenvalue weighted by molar-refractivity contribution is 0.0656. The molecule has 5 nitrogen and oxygen atoms in total. The number of imide groups is 1. The van der Waals surface area contributed by atoms with Gasteiger partial charge in [0.2, 0.25) is 0 Å². The number of carbonyl (C=O) groups is 2. The summed E-state index contributed by atoms with van der Waals surface area (Å²) in [7, 11) is 0. The molecule has 1 aliphatic heterocycles. The highest BCUT2D eigenvalue weighted by Crippen LogP contribution is 2.24. The summed E-state index contributed by atoms with van der Waals surface area (Å²) in [5.74, 6) is -0.420. The third-order valence-corrected chi connectivity index (χ3v) is 4.55. The minimum absolute atomic E-state index is 0.210. The van der Waals surface area contributed by atoms with Crippen LogP contribution in [0, 0.1) is 0 Å². The number of nitrogens with zero attached hydrogens (tertiary/aromatic N) is 1. The van der Waals surface area contributed by atoms with E-state index >= 15 is 0 Å². The summed E-state index contributed by atoms with van der Waals surface area (Å²) in [6.07, 6.45) is 2.54. The summed E-state index contributed by atoms with van der Waals surface area (Å²) in [4.78, 5) is 29.4. The largest absolute Gasteiger partial charge is 0.361 e. The lowest BCUT2D eigenvalue weighted by atomic mass is 10.1. The number of nitrogens with one attached hydrogen (secondary N) is 1. The van der Waals surface area contributed by atoms with E-state index in [4.69, 9.17) is 5.73 Å². The van der Waals surface area contributed by atoms with Gasteiger partial charge in [0.25, 0.3) is 11.8 Å². The van der Waals surface area contributed by atoms with E-state index in [1.54, 1.807) is 24.3 Å². The summed E-state index contributed by atoms with van der Waals surface area (Å²) < 4.78 is 0. The SMILES string of the molecule is NCc1ccc2[nH]cc(CCN3C(=O)c4ccccc4C3=O)c2c1. The number of carbonyl (C=O) groups excluding carboxylic acids is 2. The molecule has 24 heavy (non-hydrogen) atoms. The molecule has 2 heterocycles. The van der Waals surface area contributed by atoms with Gasteiger partial charge in [-0.2, -0.15) is 0 Å². The normalized spacial score (nSPS) is 13.8. The van der Waals surface area contributed by atoms with E-state index in [1.807, 2.05) is 18.3 Å². The molecule has 2 aromatic carbocycles. The molecule has 0 unspecified atom stereocenters. The van der Waals surface area contributed by atoms with Gasteiger partial charge >= 0.3 is 0 Å². The molecule has 2 amide bonds. The van der Waals surface area contributed by atoms with Crippen molar-refractivity contribution in [1.82, 2.24) is 9.88 Å². The fraction of sp³-hybridized carbons (Fsp3) is 0.158. The van der Waals surface area contributed by atoms with Gasteiger partial charge in [0.1, 0.15) is 0 Å². The van der Waals surface area contributed by atoms with Crippen molar-refractivity contribution >= 4 is 22.7 Å². The molecule has 0 radical (unpaired) electrons. The standard InChI is InChI=1S/C19H17N3O2/c20-10-12-5-6-17-16(9-12)13(11-21-17)7-8-22-18(23)14-3-1-2-4-15(14)19(22)24/h1-6,9,11,21H,7-8,10,20H2. The van der Waals surface area contributed by atoms with Gasteiger partial charge < -0.3 is 10.7 Å². The van der Waals surface area contributed by atoms with Crippen LogP contribution in [0.15, 0.2) is 48.7 Å². The molecule has 3 aromatic rings. The predicted octanol–water partition coefficient (Wildman–Crippen LogP) is 2.47. The Hall–Kier alpha value is -2.92. The van der Waals surface area contributed by atoms with Gasteiger partial charge in [-0.1, -0.05) is 18.2 Å². The molecule has 0 saturated heterocycles. The summed E-state index contributed by atoms with van der Waals surface area (Å²) in [6.45, 7) is 0.852. The van der Waals surface area contributed by atoms with Crippen LogP contribution < -0.4 is 5.73 Å². The third-order valence-electron chi connectivity index (χ3n) is 4.55. The Balaban J connectivity index is 1.58. The third kappa shape index (κ3) is 2.21. The second kappa shape index (κ2) is 5.62. The molecule has 1 aliphatic rings. The highest BCUT2D eigenvalue weighted by molar-refractivity contribution is 6.21. The molecular formula is C19H17N3O2. The molecule has 120 valence electrons. The molecule has 5 heteroatoms. The van der Waals surface area contributed by atoms with Crippen molar-refractivity contribution in [2.45, 2.75) is 13.0 Å². The Morgan fingerprint density at radius 3 is 2.38 bits per heavy atom. The van der Waals surface area contributed by atoms with Crippen molar-refractivity contribution in [2.75, 3.05) is 6.54 Å². The Kier molecular flexibility index (Phi) is 3.43. The van der Waals surface area contributed by atoms with Gasteiger partial charge in [0.15, 0.2) is 0 Å². The van der Waals surface area contributed by atoms with Crippen LogP contribution in [-0.2, 0) is 13.0 Å². The van der Waals surface area contributed by atoms with E-state index in [0.717, 1.165) is 22.0 Å². The first-order valence-corrected chi connectivity index (χ1v) is 7.93. The number of nitrogens with two attached hydrogens (primary N) is 1. The monoisotopic (exact) mass is 319 g/mol. The van der Waals surface area contributed by atoms with Gasteiger partial charge in [-0.15, -0.1) is 0 Å². The highest BCUT2D eigenvalue weighted by Gasteiger charge is 2.34. The molecule has 4 rings (SSSR count). The number of benzene rings is 2. The molecule has 0 spiro atoms. The Labute approximate surface area is 139 Å². The fourth-order valence-electron chi connectivity index (χ4n) is 3.23. The summed E-state index contributed by atoms with van der Waals surface area (Å²) in [5, 5.41) is 1.09. The molecule has 0 saturated carbocycles. The van der Waals surface area contributed by atoms with E-state index in [1.165, 1.54) is 4.90 Å². The summed E-state index contributed by atoms with van der Waals surface area (Å²) in [6, 6.07) is 13.0. The number of H-pyrrole nitrogens is 1. The molecular weight excluding hydrogens is 302 g/mol. The summed E-state index contributed by atoms with van der Waals surface area (Å²) in [5.41, 5.74) is 9.87. The van der Waals surface area contributed by atoms with Crippen LogP contribution in [0.1, 0.15) is 31.8 Å². The van der Waals surface area contributed by atoms with E-state index < -0.39 is 0 Å². The van der Waals surface area contributed by atoms with E-state index in [2.05, 4.69) is 11.1 Å². The minimum atomic E-state index is -0.210. The molecule has 0 bridgehead atoms. The lowest BCUT2D eigenvalue weighted by Crippen LogP contribution is -2.31. The van der Waals surface area contributed by atoms with Gasteiger partial charge in [-0.25, -0.2) is 0 Å². The van der Waals surface area contributed by atoms with Crippen molar-refractivity contribution in [3.8, 4) is 0 Å². The maximum absolute atomic E-state index is 12.4. The number of amides is 2. The zero-order valence-electron chi connectivity index (χ0n) is 13.1. The molecule has 0 aliphatic carbocycles. The Morgan fingerprint density at radius 2 is 1.71 bits per heavy atom. The lowest BCUT2D eigenvalue weighted by Gasteiger charge is -2.13. The average molecular weight is 319 g/mol. The fourth-order valence-corrected chi connectivity index (χ4v) is 3.23. The number of aromatic amines is 1. The first-order chi connectivity index (χ1) is 11.7. The van der Waals surface area contributed by atoms with Gasteiger partial charge in [-0.05, 0) is 41.8 Å². The van der Waals surface area contributed by atoms with Crippen molar-refractivity contribution in [2.24, 2.45) is 5.73 Å². The number of aromatic nitrogens is 1. The topological polar surface area (TPSA) is 79.2 Å². The predicted molar refractivity (Wildman–Crippen MR) is 91.7 cm³/mol. The number of fused-ring (bicyclic) bond motifs is 2. The van der Waals surface area contributed by atoms with E-state index in [-0.39, 0.29) is 11.8 Å². The van der Waals surface area contributed by atoms with Crippen LogP contribution in [0.2, 0.25) is 0 Å². The van der Waals surface area contributed by atoms with Crippen LogP contribution in [-0.4, -0.2) is 28.2 Å². The van der Waals surface area contributed by atoms with Crippen LogP contribution in [0.5, 0.6) is 0 Å². The second-order valence-electron chi connectivity index (χ2n) is 5.96. The smallest absolute Gasteiger partial charge is 0.261 e. The Bertz CT molecular complexity index is 923. The van der Waals surface area contributed by atoms with Crippen LogP contribution >= 0.6 is 0 Å². The van der Waals surface area contributed by atoms with Crippen molar-refractivity contribution in [1.29, 1.82) is 0 Å². The highest BCUT2D eigenvalue weighted by atomic mass is 16.2. The number of hydrogen-bond donors (Lipinski definition) is 2. The zero-order chi connectivity index (χ0) is 16.7.